The van der Waals surface area contributed by atoms with Gasteiger partial charge in [-0.3, -0.25) is 0 Å². The van der Waals surface area contributed by atoms with Crippen LogP contribution in [-0.2, 0) is 11.2 Å². The standard InChI is InChI=1S/C13H13NO3/c14-11(9-10-5-2-1-3-6-10)13(15)17-12-7-4-8-16-12/h1-8,11H,9,14H2/t11-/m0/s1. The minimum Gasteiger partial charge on any atom is -0.434 e. The lowest BCUT2D eigenvalue weighted by Crippen LogP contribution is -2.36. The Bertz CT molecular complexity index is 465. The molecule has 4 nitrogen and oxygen atoms in total. The first-order chi connectivity index (χ1) is 8.25. The van der Waals surface area contributed by atoms with Crippen LogP contribution in [0.1, 0.15) is 5.56 Å². The van der Waals surface area contributed by atoms with Crippen molar-refractivity contribution in [1.82, 2.24) is 0 Å². The van der Waals surface area contributed by atoms with Gasteiger partial charge in [0.15, 0.2) is 0 Å². The van der Waals surface area contributed by atoms with Crippen LogP contribution in [0.3, 0.4) is 0 Å². The molecule has 0 fully saturated rings. The maximum absolute atomic E-state index is 11.6. The van der Waals surface area contributed by atoms with Crippen LogP contribution in [0.15, 0.2) is 53.1 Å². The van der Waals surface area contributed by atoms with E-state index in [1.54, 1.807) is 12.1 Å². The largest absolute Gasteiger partial charge is 0.434 e. The third kappa shape index (κ3) is 3.19. The average molecular weight is 231 g/mol. The molecule has 0 radical (unpaired) electrons. The number of carbonyl (C=O) groups is 1. The van der Waals surface area contributed by atoms with E-state index in [1.165, 1.54) is 6.26 Å². The molecule has 0 unspecified atom stereocenters. The fraction of sp³-hybridized carbons (Fsp3) is 0.154. The predicted molar refractivity (Wildman–Crippen MR) is 62.5 cm³/mol. The minimum absolute atomic E-state index is 0.165. The van der Waals surface area contributed by atoms with E-state index in [0.29, 0.717) is 6.42 Å². The van der Waals surface area contributed by atoms with Crippen molar-refractivity contribution < 1.29 is 13.9 Å². The molecule has 1 aromatic heterocycles. The normalized spacial score (nSPS) is 12.1. The van der Waals surface area contributed by atoms with Gasteiger partial charge in [-0.25, -0.2) is 4.79 Å². The minimum atomic E-state index is -0.692. The number of rotatable bonds is 4. The summed E-state index contributed by atoms with van der Waals surface area (Å²) in [5.41, 5.74) is 6.75. The summed E-state index contributed by atoms with van der Waals surface area (Å²) in [4.78, 5) is 11.6. The van der Waals surface area contributed by atoms with Gasteiger partial charge < -0.3 is 14.9 Å². The number of hydrogen-bond donors (Lipinski definition) is 1. The number of furan rings is 1. The second kappa shape index (κ2) is 5.32. The van der Waals surface area contributed by atoms with Crippen LogP contribution in [0.4, 0.5) is 0 Å². The van der Waals surface area contributed by atoms with Crippen LogP contribution in [0.2, 0.25) is 0 Å². The van der Waals surface area contributed by atoms with E-state index in [9.17, 15) is 4.79 Å². The van der Waals surface area contributed by atoms with Crippen LogP contribution >= 0.6 is 0 Å². The lowest BCUT2D eigenvalue weighted by Gasteiger charge is -2.09. The van der Waals surface area contributed by atoms with Crippen molar-refractivity contribution in [2.45, 2.75) is 12.5 Å². The molecule has 2 N–H and O–H groups in total. The molecule has 2 aromatic rings. The van der Waals surface area contributed by atoms with Crippen molar-refractivity contribution in [2.75, 3.05) is 0 Å². The Morgan fingerprint density at radius 3 is 2.65 bits per heavy atom. The second-order valence-corrected chi connectivity index (χ2v) is 3.65. The first kappa shape index (κ1) is 11.4. The smallest absolute Gasteiger partial charge is 0.331 e. The molecule has 1 aromatic carbocycles. The number of benzene rings is 1. The lowest BCUT2D eigenvalue weighted by atomic mass is 10.1. The fourth-order valence-corrected chi connectivity index (χ4v) is 1.45. The van der Waals surface area contributed by atoms with Crippen molar-refractivity contribution in [3.05, 3.63) is 54.3 Å². The molecule has 0 aliphatic heterocycles. The van der Waals surface area contributed by atoms with Gasteiger partial charge in [-0.15, -0.1) is 0 Å². The maximum atomic E-state index is 11.6. The third-order valence-corrected chi connectivity index (χ3v) is 2.30. The molecule has 0 aliphatic carbocycles. The van der Waals surface area contributed by atoms with E-state index in [2.05, 4.69) is 0 Å². The Morgan fingerprint density at radius 2 is 2.00 bits per heavy atom. The van der Waals surface area contributed by atoms with Crippen molar-refractivity contribution in [3.8, 4) is 5.95 Å². The van der Waals surface area contributed by atoms with Crippen molar-refractivity contribution in [2.24, 2.45) is 5.73 Å². The molecule has 0 aliphatic rings. The lowest BCUT2D eigenvalue weighted by molar-refractivity contribution is -0.137. The topological polar surface area (TPSA) is 65.5 Å². The van der Waals surface area contributed by atoms with Gasteiger partial charge in [0.25, 0.3) is 5.95 Å². The van der Waals surface area contributed by atoms with Crippen molar-refractivity contribution in [3.63, 3.8) is 0 Å². The number of ether oxygens (including phenoxy) is 1. The molecule has 1 atom stereocenters. The molecule has 88 valence electrons. The number of hydrogen-bond acceptors (Lipinski definition) is 4. The van der Waals surface area contributed by atoms with Crippen molar-refractivity contribution >= 4 is 5.97 Å². The molecule has 0 bridgehead atoms. The molecule has 4 heteroatoms. The summed E-state index contributed by atoms with van der Waals surface area (Å²) in [5.74, 6) is -0.331. The van der Waals surface area contributed by atoms with Crippen molar-refractivity contribution in [1.29, 1.82) is 0 Å². The number of nitrogens with two attached hydrogens (primary N) is 1. The SMILES string of the molecule is N[C@@H](Cc1ccccc1)C(=O)Oc1ccco1. The van der Waals surface area contributed by atoms with Gasteiger partial charge in [-0.2, -0.15) is 0 Å². The number of esters is 1. The highest BCUT2D eigenvalue weighted by Crippen LogP contribution is 2.11. The molecule has 0 amide bonds. The zero-order valence-electron chi connectivity index (χ0n) is 9.21. The highest BCUT2D eigenvalue weighted by molar-refractivity contribution is 5.77. The Hall–Kier alpha value is -2.07. The van der Waals surface area contributed by atoms with Crippen LogP contribution in [-0.4, -0.2) is 12.0 Å². The number of carbonyl (C=O) groups excluding carboxylic acids is 1. The molecule has 0 saturated heterocycles. The monoisotopic (exact) mass is 231 g/mol. The van der Waals surface area contributed by atoms with E-state index in [1.807, 2.05) is 30.3 Å². The first-order valence-electron chi connectivity index (χ1n) is 5.30. The van der Waals surface area contributed by atoms with Gasteiger partial charge in [0.05, 0.1) is 6.26 Å². The van der Waals surface area contributed by atoms with E-state index in [4.69, 9.17) is 14.9 Å². The Labute approximate surface area is 99.0 Å². The summed E-state index contributed by atoms with van der Waals surface area (Å²) in [6.07, 6.45) is 1.88. The summed E-state index contributed by atoms with van der Waals surface area (Å²) in [6, 6.07) is 12.1. The van der Waals surface area contributed by atoms with Gasteiger partial charge in [0.1, 0.15) is 6.04 Å². The Morgan fingerprint density at radius 1 is 1.24 bits per heavy atom. The quantitative estimate of drug-likeness (QED) is 0.814. The van der Waals surface area contributed by atoms with Crippen LogP contribution in [0.5, 0.6) is 5.95 Å². The molecule has 0 saturated carbocycles. The third-order valence-electron chi connectivity index (χ3n) is 2.30. The highest BCUT2D eigenvalue weighted by atomic mass is 16.6. The molecular formula is C13H13NO3. The van der Waals surface area contributed by atoms with Crippen LogP contribution in [0.25, 0.3) is 0 Å². The average Bonchev–Trinajstić information content (AvgIpc) is 2.83. The summed E-state index contributed by atoms with van der Waals surface area (Å²) in [6.45, 7) is 0. The van der Waals surface area contributed by atoms with Gasteiger partial charge in [0.2, 0.25) is 0 Å². The molecular weight excluding hydrogens is 218 g/mol. The van der Waals surface area contributed by atoms with E-state index in [-0.39, 0.29) is 5.95 Å². The van der Waals surface area contributed by atoms with Gasteiger partial charge in [-0.1, -0.05) is 30.3 Å². The highest BCUT2D eigenvalue weighted by Gasteiger charge is 2.17. The van der Waals surface area contributed by atoms with E-state index in [0.717, 1.165) is 5.56 Å². The zero-order chi connectivity index (χ0) is 12.1. The molecule has 2 rings (SSSR count). The van der Waals surface area contributed by atoms with Crippen LogP contribution < -0.4 is 10.5 Å². The molecule has 1 heterocycles. The predicted octanol–water partition coefficient (Wildman–Crippen LogP) is 1.76. The summed E-state index contributed by atoms with van der Waals surface area (Å²) in [7, 11) is 0. The van der Waals surface area contributed by atoms with E-state index < -0.39 is 12.0 Å². The Kier molecular flexibility index (Phi) is 3.57. The summed E-state index contributed by atoms with van der Waals surface area (Å²) >= 11 is 0. The summed E-state index contributed by atoms with van der Waals surface area (Å²) in [5, 5.41) is 0. The van der Waals surface area contributed by atoms with Crippen LogP contribution in [0, 0.1) is 0 Å². The second-order valence-electron chi connectivity index (χ2n) is 3.65. The van der Waals surface area contributed by atoms with Gasteiger partial charge >= 0.3 is 5.97 Å². The summed E-state index contributed by atoms with van der Waals surface area (Å²) < 4.78 is 9.86. The maximum Gasteiger partial charge on any atom is 0.331 e. The van der Waals surface area contributed by atoms with E-state index >= 15 is 0 Å². The molecule has 0 spiro atoms. The molecule has 17 heavy (non-hydrogen) atoms. The van der Waals surface area contributed by atoms with Gasteiger partial charge in [-0.05, 0) is 18.1 Å². The zero-order valence-corrected chi connectivity index (χ0v) is 9.21. The Balaban J connectivity index is 1.92. The van der Waals surface area contributed by atoms with Gasteiger partial charge in [0, 0.05) is 6.07 Å². The first-order valence-corrected chi connectivity index (χ1v) is 5.30. The fourth-order valence-electron chi connectivity index (χ4n) is 1.45.